The van der Waals surface area contributed by atoms with Gasteiger partial charge in [-0.15, -0.1) is 0 Å². The number of amides is 1. The Morgan fingerprint density at radius 2 is 1.90 bits per heavy atom. The van der Waals surface area contributed by atoms with Crippen LogP contribution in [0.1, 0.15) is 45.4 Å². The smallest absolute Gasteiger partial charge is 0.410 e. The molecular weight excluding hydrogens is 382 g/mol. The van der Waals surface area contributed by atoms with E-state index in [4.69, 9.17) is 14.0 Å². The van der Waals surface area contributed by atoms with E-state index < -0.39 is 5.60 Å². The maximum atomic E-state index is 12.2. The molecule has 1 aliphatic rings. The first kappa shape index (κ1) is 22.2. The molecule has 1 aromatic carbocycles. The highest BCUT2D eigenvalue weighted by Gasteiger charge is 2.26. The monoisotopic (exact) mass is 415 g/mol. The number of methoxy groups -OCH3 is 1. The third kappa shape index (κ3) is 5.75. The van der Waals surface area contributed by atoms with Crippen molar-refractivity contribution in [2.45, 2.75) is 52.7 Å². The molecule has 0 spiro atoms. The fourth-order valence-electron chi connectivity index (χ4n) is 3.55. The first-order chi connectivity index (χ1) is 14.3. The summed E-state index contributed by atoms with van der Waals surface area (Å²) in [6, 6.07) is 8.19. The summed E-state index contributed by atoms with van der Waals surface area (Å²) in [6.45, 7) is 11.3. The Bertz CT molecular complexity index is 848. The minimum atomic E-state index is -0.472. The highest BCUT2D eigenvalue weighted by molar-refractivity contribution is 5.68. The Morgan fingerprint density at radius 3 is 2.53 bits per heavy atom. The van der Waals surface area contributed by atoms with Gasteiger partial charge in [0.25, 0.3) is 0 Å². The minimum Gasteiger partial charge on any atom is -0.496 e. The van der Waals surface area contributed by atoms with Crippen LogP contribution in [0.4, 0.5) is 4.79 Å². The molecule has 1 fully saturated rings. The molecule has 7 heteroatoms. The molecule has 0 unspecified atom stereocenters. The number of aromatic nitrogens is 1. The maximum absolute atomic E-state index is 12.2. The average Bonchev–Trinajstić information content (AvgIpc) is 3.16. The van der Waals surface area contributed by atoms with E-state index in [9.17, 15) is 4.79 Å². The van der Waals surface area contributed by atoms with Crippen LogP contribution in [0.25, 0.3) is 11.3 Å². The van der Waals surface area contributed by atoms with E-state index in [1.54, 1.807) is 12.0 Å². The number of carbonyl (C=O) groups is 1. The predicted octanol–water partition coefficient (Wildman–Crippen LogP) is 4.36. The van der Waals surface area contributed by atoms with E-state index in [0.717, 1.165) is 48.7 Å². The minimum absolute atomic E-state index is 0.247. The lowest BCUT2D eigenvalue weighted by Gasteiger charge is -2.35. The largest absolute Gasteiger partial charge is 0.496 e. The van der Waals surface area contributed by atoms with Gasteiger partial charge >= 0.3 is 6.09 Å². The molecule has 1 amide bonds. The number of piperazine rings is 1. The maximum Gasteiger partial charge on any atom is 0.410 e. The molecule has 0 N–H and O–H groups in total. The third-order valence-electron chi connectivity index (χ3n) is 5.04. The van der Waals surface area contributed by atoms with Crippen molar-refractivity contribution in [2.75, 3.05) is 33.3 Å². The van der Waals surface area contributed by atoms with Crippen LogP contribution in [0, 0.1) is 0 Å². The van der Waals surface area contributed by atoms with Crippen molar-refractivity contribution < 1.29 is 18.8 Å². The number of hydrogen-bond donors (Lipinski definition) is 0. The number of aryl methyl sites for hydroxylation is 1. The molecule has 1 aliphatic heterocycles. The number of nitrogens with zero attached hydrogens (tertiary/aromatic N) is 3. The van der Waals surface area contributed by atoms with E-state index in [1.807, 2.05) is 32.9 Å². The van der Waals surface area contributed by atoms with Crippen LogP contribution >= 0.6 is 0 Å². The number of ether oxygens (including phenoxy) is 2. The Hall–Kier alpha value is -2.54. The summed E-state index contributed by atoms with van der Waals surface area (Å²) in [5, 5.41) is 4.28. The summed E-state index contributed by atoms with van der Waals surface area (Å²) >= 11 is 0. The fourth-order valence-corrected chi connectivity index (χ4v) is 3.55. The quantitative estimate of drug-likeness (QED) is 0.698. The van der Waals surface area contributed by atoms with Gasteiger partial charge in [0, 0.05) is 37.8 Å². The van der Waals surface area contributed by atoms with Crippen molar-refractivity contribution in [3.05, 3.63) is 35.6 Å². The van der Waals surface area contributed by atoms with Crippen molar-refractivity contribution in [2.24, 2.45) is 0 Å². The molecule has 1 saturated heterocycles. The summed E-state index contributed by atoms with van der Waals surface area (Å²) in [4.78, 5) is 16.2. The van der Waals surface area contributed by atoms with Crippen LogP contribution in [0.15, 0.2) is 28.8 Å². The van der Waals surface area contributed by atoms with Crippen LogP contribution in [0.3, 0.4) is 0 Å². The van der Waals surface area contributed by atoms with Gasteiger partial charge in [0.05, 0.1) is 13.7 Å². The molecular formula is C23H33N3O4. The predicted molar refractivity (Wildman–Crippen MR) is 116 cm³/mol. The molecule has 0 atom stereocenters. The second-order valence-corrected chi connectivity index (χ2v) is 8.71. The van der Waals surface area contributed by atoms with Gasteiger partial charge in [-0.05, 0) is 44.9 Å². The van der Waals surface area contributed by atoms with Crippen LogP contribution < -0.4 is 4.74 Å². The SMILES string of the molecule is CCCc1ccc(OC)c(-c2cc(CN3CCN(C(=O)OC(C)(C)C)CC3)on2)c1. The number of benzene rings is 1. The van der Waals surface area contributed by atoms with E-state index in [-0.39, 0.29) is 6.09 Å². The van der Waals surface area contributed by atoms with Crippen LogP contribution in [0.2, 0.25) is 0 Å². The third-order valence-corrected chi connectivity index (χ3v) is 5.04. The summed E-state index contributed by atoms with van der Waals surface area (Å²) in [5.74, 6) is 1.60. The topological polar surface area (TPSA) is 68.0 Å². The average molecular weight is 416 g/mol. The van der Waals surface area contributed by atoms with Gasteiger partial charge in [0.2, 0.25) is 0 Å². The molecule has 0 aliphatic carbocycles. The molecule has 164 valence electrons. The highest BCUT2D eigenvalue weighted by atomic mass is 16.6. The van der Waals surface area contributed by atoms with E-state index >= 15 is 0 Å². The standard InChI is InChI=1S/C23H33N3O4/c1-6-7-17-8-9-21(28-5)19(14-17)20-15-18(30-24-20)16-25-10-12-26(13-11-25)22(27)29-23(2,3)4/h8-9,14-15H,6-7,10-13,16H2,1-5H3. The van der Waals surface area contributed by atoms with Crippen molar-refractivity contribution in [3.63, 3.8) is 0 Å². The van der Waals surface area contributed by atoms with Gasteiger partial charge < -0.3 is 18.9 Å². The molecule has 0 radical (unpaired) electrons. The molecule has 7 nitrogen and oxygen atoms in total. The Labute approximate surface area is 178 Å². The summed E-state index contributed by atoms with van der Waals surface area (Å²) in [7, 11) is 1.67. The molecule has 0 saturated carbocycles. The van der Waals surface area contributed by atoms with Gasteiger partial charge in [-0.3, -0.25) is 4.90 Å². The first-order valence-electron chi connectivity index (χ1n) is 10.6. The van der Waals surface area contributed by atoms with Gasteiger partial charge in [0.15, 0.2) is 5.76 Å². The van der Waals surface area contributed by atoms with Crippen molar-refractivity contribution in [3.8, 4) is 17.0 Å². The van der Waals surface area contributed by atoms with E-state index in [2.05, 4.69) is 29.1 Å². The van der Waals surface area contributed by atoms with Crippen LogP contribution in [-0.2, 0) is 17.7 Å². The molecule has 2 heterocycles. The fraction of sp³-hybridized carbons (Fsp3) is 0.565. The molecule has 30 heavy (non-hydrogen) atoms. The van der Waals surface area contributed by atoms with Gasteiger partial charge in [-0.2, -0.15) is 0 Å². The summed E-state index contributed by atoms with van der Waals surface area (Å²) in [6.07, 6.45) is 1.86. The highest BCUT2D eigenvalue weighted by Crippen LogP contribution is 2.31. The van der Waals surface area contributed by atoms with Crippen LogP contribution in [0.5, 0.6) is 5.75 Å². The second-order valence-electron chi connectivity index (χ2n) is 8.71. The van der Waals surface area contributed by atoms with Gasteiger partial charge in [-0.25, -0.2) is 4.79 Å². The van der Waals surface area contributed by atoms with Crippen molar-refractivity contribution in [1.82, 2.24) is 15.0 Å². The number of hydrogen-bond acceptors (Lipinski definition) is 6. The summed E-state index contributed by atoms with van der Waals surface area (Å²) in [5.41, 5.74) is 2.52. The molecule has 2 aromatic rings. The Balaban J connectivity index is 1.61. The number of rotatable bonds is 6. The van der Waals surface area contributed by atoms with Gasteiger partial charge in [-0.1, -0.05) is 24.6 Å². The van der Waals surface area contributed by atoms with Crippen molar-refractivity contribution >= 4 is 6.09 Å². The first-order valence-corrected chi connectivity index (χ1v) is 10.6. The number of carbonyl (C=O) groups excluding carboxylic acids is 1. The van der Waals surface area contributed by atoms with E-state index in [1.165, 1.54) is 5.56 Å². The zero-order valence-corrected chi connectivity index (χ0v) is 18.7. The lowest BCUT2D eigenvalue weighted by Crippen LogP contribution is -2.49. The molecule has 0 bridgehead atoms. The lowest BCUT2D eigenvalue weighted by atomic mass is 10.0. The molecule has 1 aromatic heterocycles. The molecule has 3 rings (SSSR count). The Morgan fingerprint density at radius 1 is 1.17 bits per heavy atom. The Kier molecular flexibility index (Phi) is 7.02. The zero-order chi connectivity index (χ0) is 21.7. The zero-order valence-electron chi connectivity index (χ0n) is 18.7. The lowest BCUT2D eigenvalue weighted by molar-refractivity contribution is 0.0133. The van der Waals surface area contributed by atoms with Crippen molar-refractivity contribution in [1.29, 1.82) is 0 Å². The van der Waals surface area contributed by atoms with Crippen LogP contribution in [-0.4, -0.2) is 59.9 Å². The second kappa shape index (κ2) is 9.51. The summed E-state index contributed by atoms with van der Waals surface area (Å²) < 4.78 is 16.6. The van der Waals surface area contributed by atoms with Gasteiger partial charge in [0.1, 0.15) is 17.0 Å². The van der Waals surface area contributed by atoms with E-state index in [0.29, 0.717) is 19.6 Å². The normalized spacial score (nSPS) is 15.3.